The van der Waals surface area contributed by atoms with Gasteiger partial charge in [0.15, 0.2) is 0 Å². The third-order valence-corrected chi connectivity index (χ3v) is 12.2. The van der Waals surface area contributed by atoms with Crippen LogP contribution in [0.5, 0.6) is 0 Å². The molecule has 12 nitrogen and oxygen atoms in total. The average molecular weight is 927 g/mol. The lowest BCUT2D eigenvalue weighted by Gasteiger charge is -2.27. The topological polar surface area (TPSA) is 173 Å². The molecule has 2 fully saturated rings. The first kappa shape index (κ1) is 50.3. The summed E-state index contributed by atoms with van der Waals surface area (Å²) in [6.07, 6.45) is 4.38. The first-order chi connectivity index (χ1) is 33.0. The minimum atomic E-state index is -1.08. The van der Waals surface area contributed by atoms with Crippen LogP contribution in [0.1, 0.15) is 71.9 Å². The quantitative estimate of drug-likeness (QED) is 0.0751. The standard InChI is InChI=1S/C28H28N2O4.C28H26N2O4.CH4/c2*31-25(17-16-20-10-4-1-5-11-20)29-23-18-24(28(33)34)30(19-23)27(32)26(21-12-6-2-7-13-21)22-14-8-3-9-15-22;/h1-15,23-24,26H,16-19H2,(H,29,31)(H,33,34);1-17,23-24,26H,18-19H2,(H,29,31)(H,33,34);1H4/b;17-16+;/t2*23-,24-;/m00./s1. The van der Waals surface area contributed by atoms with E-state index in [1.807, 2.05) is 182 Å². The summed E-state index contributed by atoms with van der Waals surface area (Å²) in [4.78, 5) is 79.4. The molecule has 0 saturated carbocycles. The molecule has 4 atom stereocenters. The summed E-state index contributed by atoms with van der Waals surface area (Å²) in [5.74, 6) is -4.41. The summed E-state index contributed by atoms with van der Waals surface area (Å²) in [6.45, 7) is 0.305. The number of hydrogen-bond acceptors (Lipinski definition) is 6. The summed E-state index contributed by atoms with van der Waals surface area (Å²) in [5, 5.41) is 25.5. The van der Waals surface area contributed by atoms with Crippen LogP contribution in [0.25, 0.3) is 6.08 Å². The summed E-state index contributed by atoms with van der Waals surface area (Å²) in [6, 6.07) is 53.7. The van der Waals surface area contributed by atoms with Crippen LogP contribution in [-0.4, -0.2) is 92.8 Å². The molecule has 2 aliphatic rings. The van der Waals surface area contributed by atoms with Crippen molar-refractivity contribution in [3.8, 4) is 0 Å². The molecule has 0 aliphatic carbocycles. The van der Waals surface area contributed by atoms with Gasteiger partial charge < -0.3 is 30.6 Å². The third kappa shape index (κ3) is 13.5. The van der Waals surface area contributed by atoms with Gasteiger partial charge in [-0.15, -0.1) is 0 Å². The predicted molar refractivity (Wildman–Crippen MR) is 266 cm³/mol. The first-order valence-corrected chi connectivity index (χ1v) is 22.7. The first-order valence-electron chi connectivity index (χ1n) is 22.7. The summed E-state index contributed by atoms with van der Waals surface area (Å²) in [5.41, 5.74) is 5.15. The summed E-state index contributed by atoms with van der Waals surface area (Å²) < 4.78 is 0. The van der Waals surface area contributed by atoms with Gasteiger partial charge in [-0.25, -0.2) is 9.59 Å². The van der Waals surface area contributed by atoms with E-state index in [0.717, 1.165) is 33.4 Å². The van der Waals surface area contributed by atoms with Crippen molar-refractivity contribution in [2.75, 3.05) is 13.1 Å². The van der Waals surface area contributed by atoms with E-state index in [2.05, 4.69) is 10.6 Å². The highest BCUT2D eigenvalue weighted by atomic mass is 16.4. The Hall–Kier alpha value is -8.12. The lowest BCUT2D eigenvalue weighted by molar-refractivity contribution is -0.148. The molecule has 4 N–H and O–H groups in total. The molecule has 6 aromatic rings. The Morgan fingerprint density at radius 2 is 0.855 bits per heavy atom. The Balaban J connectivity index is 0.000000224. The molecule has 8 rings (SSSR count). The highest BCUT2D eigenvalue weighted by Gasteiger charge is 2.44. The molecule has 69 heavy (non-hydrogen) atoms. The van der Waals surface area contributed by atoms with Crippen LogP contribution in [0.2, 0.25) is 0 Å². The van der Waals surface area contributed by atoms with Crippen LogP contribution in [0.4, 0.5) is 0 Å². The molecule has 354 valence electrons. The van der Waals surface area contributed by atoms with Gasteiger partial charge in [-0.05, 0) is 45.9 Å². The van der Waals surface area contributed by atoms with E-state index in [1.54, 1.807) is 6.08 Å². The van der Waals surface area contributed by atoms with Crippen molar-refractivity contribution in [1.29, 1.82) is 0 Å². The number of carbonyl (C=O) groups is 6. The third-order valence-electron chi connectivity index (χ3n) is 12.2. The molecular weight excluding hydrogens is 869 g/mol. The van der Waals surface area contributed by atoms with E-state index < -0.39 is 47.9 Å². The highest BCUT2D eigenvalue weighted by molar-refractivity contribution is 5.94. The van der Waals surface area contributed by atoms with Crippen molar-refractivity contribution >= 4 is 41.6 Å². The average Bonchev–Trinajstić information content (AvgIpc) is 4.00. The second-order valence-corrected chi connectivity index (χ2v) is 16.9. The molecule has 0 aromatic heterocycles. The van der Waals surface area contributed by atoms with Crippen LogP contribution >= 0.6 is 0 Å². The number of nitrogens with one attached hydrogen (secondary N) is 2. The maximum atomic E-state index is 13.8. The Kier molecular flexibility index (Phi) is 17.9. The van der Waals surface area contributed by atoms with Gasteiger partial charge >= 0.3 is 11.9 Å². The molecule has 2 heterocycles. The Morgan fingerprint density at radius 3 is 1.23 bits per heavy atom. The molecule has 0 spiro atoms. The van der Waals surface area contributed by atoms with Gasteiger partial charge in [0.05, 0.1) is 11.8 Å². The zero-order valence-corrected chi connectivity index (χ0v) is 37.4. The van der Waals surface area contributed by atoms with Crippen LogP contribution in [0.15, 0.2) is 188 Å². The van der Waals surface area contributed by atoms with Crippen molar-refractivity contribution in [3.63, 3.8) is 0 Å². The number of aryl methyl sites for hydroxylation is 1. The summed E-state index contributed by atoms with van der Waals surface area (Å²) >= 11 is 0. The van der Waals surface area contributed by atoms with Gasteiger partial charge in [0.2, 0.25) is 23.6 Å². The van der Waals surface area contributed by atoms with Crippen molar-refractivity contribution in [2.24, 2.45) is 0 Å². The zero-order chi connectivity index (χ0) is 47.8. The Morgan fingerprint density at radius 1 is 0.507 bits per heavy atom. The van der Waals surface area contributed by atoms with Gasteiger partial charge in [0, 0.05) is 50.5 Å². The fraction of sp³-hybridized carbons (Fsp3) is 0.228. The van der Waals surface area contributed by atoms with Crippen LogP contribution in [-0.2, 0) is 35.2 Å². The molecule has 2 saturated heterocycles. The number of benzene rings is 6. The van der Waals surface area contributed by atoms with Gasteiger partial charge in [-0.2, -0.15) is 0 Å². The van der Waals surface area contributed by atoms with Gasteiger partial charge in [-0.1, -0.05) is 189 Å². The Labute approximate surface area is 403 Å². The number of carbonyl (C=O) groups excluding carboxylic acids is 4. The number of rotatable bonds is 15. The molecule has 0 bridgehead atoms. The van der Waals surface area contributed by atoms with Gasteiger partial charge in [0.25, 0.3) is 0 Å². The number of likely N-dealkylation sites (tertiary alicyclic amines) is 2. The van der Waals surface area contributed by atoms with E-state index in [1.165, 1.54) is 15.9 Å². The highest BCUT2D eigenvalue weighted by Crippen LogP contribution is 2.32. The molecule has 6 aromatic carbocycles. The predicted octanol–water partition coefficient (Wildman–Crippen LogP) is 7.96. The largest absolute Gasteiger partial charge is 0.480 e. The molecule has 0 radical (unpaired) electrons. The normalized spacial score (nSPS) is 17.4. The fourth-order valence-corrected chi connectivity index (χ4v) is 8.89. The Bertz CT molecular complexity index is 2570. The number of carboxylic acid groups (broad SMARTS) is 2. The lowest BCUT2D eigenvalue weighted by atomic mass is 9.90. The number of nitrogens with zero attached hydrogens (tertiary/aromatic N) is 2. The molecule has 4 amide bonds. The maximum Gasteiger partial charge on any atom is 0.326 e. The zero-order valence-electron chi connectivity index (χ0n) is 37.4. The maximum absolute atomic E-state index is 13.8. The van der Waals surface area contributed by atoms with Crippen molar-refractivity contribution in [2.45, 2.75) is 69.1 Å². The second kappa shape index (κ2) is 24.6. The SMILES string of the molecule is C.O=C(/C=C/c1ccccc1)N[C@H]1C[C@@H](C(=O)O)N(C(=O)C(c2ccccc2)c2ccccc2)C1.O=C(CCc1ccccc1)N[C@H]1C[C@@H](C(=O)O)N(C(=O)C(c2ccccc2)c2ccccc2)C1. The minimum Gasteiger partial charge on any atom is -0.480 e. The molecular formula is C57H58N4O8. The van der Waals surface area contributed by atoms with E-state index in [4.69, 9.17) is 0 Å². The van der Waals surface area contributed by atoms with Gasteiger partial charge in [-0.3, -0.25) is 19.2 Å². The van der Waals surface area contributed by atoms with E-state index in [9.17, 15) is 39.0 Å². The molecule has 12 heteroatoms. The van der Waals surface area contributed by atoms with Gasteiger partial charge in [0.1, 0.15) is 12.1 Å². The number of aliphatic carboxylic acids is 2. The fourth-order valence-electron chi connectivity index (χ4n) is 8.89. The minimum absolute atomic E-state index is 0. The second-order valence-electron chi connectivity index (χ2n) is 16.9. The van der Waals surface area contributed by atoms with Crippen molar-refractivity contribution in [1.82, 2.24) is 20.4 Å². The molecule has 0 unspecified atom stereocenters. The molecule has 2 aliphatic heterocycles. The monoisotopic (exact) mass is 926 g/mol. The number of hydrogen-bond donors (Lipinski definition) is 4. The smallest absolute Gasteiger partial charge is 0.326 e. The lowest BCUT2D eigenvalue weighted by Crippen LogP contribution is -2.44. The van der Waals surface area contributed by atoms with Crippen LogP contribution < -0.4 is 10.6 Å². The van der Waals surface area contributed by atoms with Crippen molar-refractivity contribution < 1.29 is 39.0 Å². The van der Waals surface area contributed by atoms with E-state index >= 15 is 0 Å². The van der Waals surface area contributed by atoms with E-state index in [0.29, 0.717) is 12.8 Å². The number of carboxylic acids is 2. The van der Waals surface area contributed by atoms with Crippen LogP contribution in [0.3, 0.4) is 0 Å². The van der Waals surface area contributed by atoms with Crippen LogP contribution in [0, 0.1) is 0 Å². The van der Waals surface area contributed by atoms with E-state index in [-0.39, 0.29) is 57.0 Å². The van der Waals surface area contributed by atoms with Crippen molar-refractivity contribution in [3.05, 3.63) is 221 Å². The number of amides is 4. The summed E-state index contributed by atoms with van der Waals surface area (Å²) in [7, 11) is 0.